The van der Waals surface area contributed by atoms with E-state index in [1.807, 2.05) is 50.5 Å². The van der Waals surface area contributed by atoms with Crippen LogP contribution >= 0.6 is 0 Å². The summed E-state index contributed by atoms with van der Waals surface area (Å²) in [6.45, 7) is 9.33. The molecule has 0 spiro atoms. The maximum atomic E-state index is 12.5. The molecule has 0 aliphatic rings. The van der Waals surface area contributed by atoms with Gasteiger partial charge in [-0.2, -0.15) is 0 Å². The zero-order chi connectivity index (χ0) is 18.4. The van der Waals surface area contributed by atoms with Gasteiger partial charge in [0.05, 0.1) is 12.0 Å². The summed E-state index contributed by atoms with van der Waals surface area (Å²) >= 11 is 0. The van der Waals surface area contributed by atoms with Gasteiger partial charge in [0.15, 0.2) is 0 Å². The summed E-state index contributed by atoms with van der Waals surface area (Å²) < 4.78 is 5.16. The summed E-state index contributed by atoms with van der Waals surface area (Å²) in [5.74, 6) is 0.492. The largest absolute Gasteiger partial charge is 0.380 e. The van der Waals surface area contributed by atoms with Crippen LogP contribution < -0.4 is 5.32 Å². The highest BCUT2D eigenvalue weighted by atomic mass is 16.5. The maximum Gasteiger partial charge on any atom is 0.230 e. The molecule has 0 fully saturated rings. The van der Waals surface area contributed by atoms with E-state index >= 15 is 0 Å². The van der Waals surface area contributed by atoms with Crippen molar-refractivity contribution in [2.75, 3.05) is 13.7 Å². The number of hydrogen-bond acceptors (Lipinski definition) is 3. The SMILES string of the molecule is COCc1cncc(-c2ccc(C(C)(C)C(=O)NCC(C)C)cc2)c1. The predicted molar refractivity (Wildman–Crippen MR) is 101 cm³/mol. The van der Waals surface area contributed by atoms with Gasteiger partial charge in [0.25, 0.3) is 0 Å². The number of amides is 1. The number of benzene rings is 1. The number of hydrogen-bond donors (Lipinski definition) is 1. The number of aromatic nitrogens is 1. The van der Waals surface area contributed by atoms with Crippen molar-refractivity contribution in [3.8, 4) is 11.1 Å². The molecule has 134 valence electrons. The third-order valence-corrected chi connectivity index (χ3v) is 4.28. The van der Waals surface area contributed by atoms with E-state index in [-0.39, 0.29) is 5.91 Å². The summed E-state index contributed by atoms with van der Waals surface area (Å²) in [5.41, 5.74) is 3.59. The molecule has 4 nitrogen and oxygen atoms in total. The highest BCUT2D eigenvalue weighted by Crippen LogP contribution is 2.27. The molecule has 2 aromatic rings. The number of nitrogens with one attached hydrogen (secondary N) is 1. The van der Waals surface area contributed by atoms with E-state index in [0.717, 1.165) is 22.3 Å². The molecule has 1 amide bonds. The van der Waals surface area contributed by atoms with Crippen LogP contribution in [0.4, 0.5) is 0 Å². The quantitative estimate of drug-likeness (QED) is 0.830. The monoisotopic (exact) mass is 340 g/mol. The van der Waals surface area contributed by atoms with Crippen LogP contribution in [0.15, 0.2) is 42.7 Å². The van der Waals surface area contributed by atoms with Gasteiger partial charge in [-0.3, -0.25) is 9.78 Å². The first kappa shape index (κ1) is 19.1. The Morgan fingerprint density at radius 3 is 2.44 bits per heavy atom. The number of ether oxygens (including phenoxy) is 1. The van der Waals surface area contributed by atoms with Crippen LogP contribution in [0.2, 0.25) is 0 Å². The fraction of sp³-hybridized carbons (Fsp3) is 0.429. The number of carbonyl (C=O) groups is 1. The lowest BCUT2D eigenvalue weighted by atomic mass is 9.83. The predicted octanol–water partition coefficient (Wildman–Crippen LogP) is 3.94. The Morgan fingerprint density at radius 1 is 1.16 bits per heavy atom. The molecule has 1 N–H and O–H groups in total. The van der Waals surface area contributed by atoms with Gasteiger partial charge in [-0.15, -0.1) is 0 Å². The van der Waals surface area contributed by atoms with Gasteiger partial charge < -0.3 is 10.1 Å². The molecule has 25 heavy (non-hydrogen) atoms. The molecular formula is C21H28N2O2. The number of methoxy groups -OCH3 is 1. The molecule has 0 aliphatic carbocycles. The van der Waals surface area contributed by atoms with Crippen molar-refractivity contribution < 1.29 is 9.53 Å². The minimum Gasteiger partial charge on any atom is -0.380 e. The Hall–Kier alpha value is -2.20. The first-order chi connectivity index (χ1) is 11.8. The fourth-order valence-corrected chi connectivity index (χ4v) is 2.62. The Balaban J connectivity index is 2.18. The average Bonchev–Trinajstić information content (AvgIpc) is 2.60. The van der Waals surface area contributed by atoms with E-state index in [1.165, 1.54) is 0 Å². The third-order valence-electron chi connectivity index (χ3n) is 4.28. The van der Waals surface area contributed by atoms with Gasteiger partial charge in [-0.25, -0.2) is 0 Å². The van der Waals surface area contributed by atoms with Crippen molar-refractivity contribution >= 4 is 5.91 Å². The van der Waals surface area contributed by atoms with Crippen LogP contribution in [0.3, 0.4) is 0 Å². The topological polar surface area (TPSA) is 51.2 Å². The van der Waals surface area contributed by atoms with E-state index in [2.05, 4.69) is 30.2 Å². The molecule has 0 bridgehead atoms. The van der Waals surface area contributed by atoms with Crippen molar-refractivity contribution in [2.45, 2.75) is 39.7 Å². The summed E-state index contributed by atoms with van der Waals surface area (Å²) in [7, 11) is 1.67. The van der Waals surface area contributed by atoms with Gasteiger partial charge >= 0.3 is 0 Å². The van der Waals surface area contributed by atoms with Gasteiger partial charge in [0.2, 0.25) is 5.91 Å². The van der Waals surface area contributed by atoms with E-state index in [1.54, 1.807) is 7.11 Å². The van der Waals surface area contributed by atoms with Crippen LogP contribution in [-0.4, -0.2) is 24.5 Å². The first-order valence-electron chi connectivity index (χ1n) is 8.66. The molecule has 0 aliphatic heterocycles. The normalized spacial score (nSPS) is 11.6. The number of carbonyl (C=O) groups excluding carboxylic acids is 1. The van der Waals surface area contributed by atoms with Crippen molar-refractivity contribution in [3.63, 3.8) is 0 Å². The van der Waals surface area contributed by atoms with Crippen LogP contribution in [0, 0.1) is 5.92 Å². The molecule has 0 saturated carbocycles. The van der Waals surface area contributed by atoms with Crippen molar-refractivity contribution in [3.05, 3.63) is 53.9 Å². The first-order valence-corrected chi connectivity index (χ1v) is 8.66. The molecule has 4 heteroatoms. The average molecular weight is 340 g/mol. The zero-order valence-electron chi connectivity index (χ0n) is 15.8. The molecule has 1 aromatic heterocycles. The van der Waals surface area contributed by atoms with E-state index in [9.17, 15) is 4.79 Å². The van der Waals surface area contributed by atoms with E-state index in [4.69, 9.17) is 4.74 Å². The molecule has 0 atom stereocenters. The molecular weight excluding hydrogens is 312 g/mol. The molecule has 1 heterocycles. The second-order valence-corrected chi connectivity index (χ2v) is 7.32. The van der Waals surface area contributed by atoms with E-state index in [0.29, 0.717) is 19.1 Å². The van der Waals surface area contributed by atoms with Crippen LogP contribution in [0.25, 0.3) is 11.1 Å². The molecule has 0 saturated heterocycles. The van der Waals surface area contributed by atoms with Gasteiger partial charge in [-0.1, -0.05) is 38.1 Å². The standard InChI is InChI=1S/C21H28N2O2/c1-15(2)11-23-20(24)21(3,4)19-8-6-17(7-9-19)18-10-16(14-25-5)12-22-13-18/h6-10,12-13,15H,11,14H2,1-5H3,(H,23,24). The van der Waals surface area contributed by atoms with Gasteiger partial charge in [0, 0.05) is 31.6 Å². The van der Waals surface area contributed by atoms with E-state index < -0.39 is 5.41 Å². The molecule has 2 rings (SSSR count). The fourth-order valence-electron chi connectivity index (χ4n) is 2.62. The molecule has 1 aromatic carbocycles. The number of rotatable bonds is 7. The Labute approximate surface area is 150 Å². The lowest BCUT2D eigenvalue weighted by molar-refractivity contribution is -0.125. The summed E-state index contributed by atoms with van der Waals surface area (Å²) in [6, 6.07) is 10.2. The summed E-state index contributed by atoms with van der Waals surface area (Å²) in [4.78, 5) is 16.8. The molecule has 0 unspecified atom stereocenters. The summed E-state index contributed by atoms with van der Waals surface area (Å²) in [5, 5.41) is 3.03. The van der Waals surface area contributed by atoms with Crippen molar-refractivity contribution in [2.24, 2.45) is 5.92 Å². The number of pyridine rings is 1. The maximum absolute atomic E-state index is 12.5. The second kappa shape index (κ2) is 8.26. The minimum absolute atomic E-state index is 0.0534. The van der Waals surface area contributed by atoms with Gasteiger partial charge in [0.1, 0.15) is 0 Å². The number of nitrogens with zero attached hydrogens (tertiary/aromatic N) is 1. The lowest BCUT2D eigenvalue weighted by Crippen LogP contribution is -2.41. The van der Waals surface area contributed by atoms with Crippen molar-refractivity contribution in [1.82, 2.24) is 10.3 Å². The van der Waals surface area contributed by atoms with Crippen molar-refractivity contribution in [1.29, 1.82) is 0 Å². The zero-order valence-corrected chi connectivity index (χ0v) is 15.8. The van der Waals surface area contributed by atoms with Crippen LogP contribution in [0.5, 0.6) is 0 Å². The molecule has 0 radical (unpaired) electrons. The van der Waals surface area contributed by atoms with Crippen LogP contribution in [0.1, 0.15) is 38.8 Å². The third kappa shape index (κ3) is 4.89. The lowest BCUT2D eigenvalue weighted by Gasteiger charge is -2.25. The Kier molecular flexibility index (Phi) is 6.32. The summed E-state index contributed by atoms with van der Waals surface area (Å²) in [6.07, 6.45) is 3.65. The smallest absolute Gasteiger partial charge is 0.230 e. The Morgan fingerprint density at radius 2 is 1.84 bits per heavy atom. The van der Waals surface area contributed by atoms with Crippen LogP contribution in [-0.2, 0) is 21.6 Å². The second-order valence-electron chi connectivity index (χ2n) is 7.32. The highest BCUT2D eigenvalue weighted by molar-refractivity contribution is 5.87. The van der Waals surface area contributed by atoms with Gasteiger partial charge in [-0.05, 0) is 42.5 Å². The highest BCUT2D eigenvalue weighted by Gasteiger charge is 2.29. The minimum atomic E-state index is -0.566. The Bertz CT molecular complexity index is 706.